The van der Waals surface area contributed by atoms with Gasteiger partial charge in [0.1, 0.15) is 23.9 Å². The number of fused-ring (bicyclic) bond motifs is 1. The molecule has 1 atom stereocenters. The van der Waals surface area contributed by atoms with Crippen LogP contribution >= 0.6 is 11.3 Å². The number of carbonyl (C=O) groups is 2. The summed E-state index contributed by atoms with van der Waals surface area (Å²) in [6, 6.07) is 25.0. The first-order valence-electron chi connectivity index (χ1n) is 10.9. The lowest BCUT2D eigenvalue weighted by Crippen LogP contribution is -2.47. The Morgan fingerprint density at radius 2 is 1.76 bits per heavy atom. The van der Waals surface area contributed by atoms with E-state index in [1.54, 1.807) is 18.3 Å². The number of benzene rings is 3. The van der Waals surface area contributed by atoms with Gasteiger partial charge in [-0.15, -0.1) is 11.3 Å². The third-order valence-electron chi connectivity index (χ3n) is 5.52. The summed E-state index contributed by atoms with van der Waals surface area (Å²) in [6.45, 7) is 1.64. The molecular formula is C27H22N2O4S. The summed E-state index contributed by atoms with van der Waals surface area (Å²) in [5, 5.41) is 2.90. The Hall–Kier alpha value is -3.97. The number of aromatic nitrogens is 1. The smallest absolute Gasteiger partial charge is 0.326 e. The maximum absolute atomic E-state index is 12.9. The van der Waals surface area contributed by atoms with Crippen LogP contribution in [0.3, 0.4) is 0 Å². The van der Waals surface area contributed by atoms with E-state index in [0.29, 0.717) is 11.4 Å². The summed E-state index contributed by atoms with van der Waals surface area (Å²) in [7, 11) is 0. The van der Waals surface area contributed by atoms with Crippen LogP contribution in [-0.2, 0) is 20.9 Å². The molecule has 5 rings (SSSR count). The van der Waals surface area contributed by atoms with Gasteiger partial charge >= 0.3 is 5.97 Å². The van der Waals surface area contributed by atoms with Crippen molar-refractivity contribution < 1.29 is 19.1 Å². The predicted molar refractivity (Wildman–Crippen MR) is 132 cm³/mol. The first-order valence-corrected chi connectivity index (χ1v) is 11.8. The Kier molecular flexibility index (Phi) is 6.10. The highest BCUT2D eigenvalue weighted by Crippen LogP contribution is 2.38. The van der Waals surface area contributed by atoms with Crippen molar-refractivity contribution in [3.8, 4) is 27.6 Å². The number of thiazole rings is 1. The van der Waals surface area contributed by atoms with Crippen molar-refractivity contribution in [3.63, 3.8) is 0 Å². The van der Waals surface area contributed by atoms with E-state index in [1.807, 2.05) is 84.2 Å². The maximum atomic E-state index is 12.9. The third-order valence-corrected chi connectivity index (χ3v) is 6.41. The molecule has 6 nitrogen and oxygen atoms in total. The van der Waals surface area contributed by atoms with E-state index >= 15 is 0 Å². The molecule has 4 aromatic rings. The Balaban J connectivity index is 1.38. The second kappa shape index (κ2) is 9.49. The van der Waals surface area contributed by atoms with E-state index in [4.69, 9.17) is 14.5 Å². The molecule has 0 radical (unpaired) electrons. The minimum absolute atomic E-state index is 0.155. The largest absolute Gasteiger partial charge is 0.479 e. The Morgan fingerprint density at radius 3 is 2.53 bits per heavy atom. The highest BCUT2D eigenvalue weighted by molar-refractivity contribution is 7.13. The number of amides is 1. The lowest BCUT2D eigenvalue weighted by molar-refractivity contribution is -0.144. The predicted octanol–water partition coefficient (Wildman–Crippen LogP) is 5.33. The summed E-state index contributed by atoms with van der Waals surface area (Å²) < 4.78 is 11.2. The molecule has 2 heterocycles. The molecule has 1 amide bonds. The van der Waals surface area contributed by atoms with Gasteiger partial charge in [-0.1, -0.05) is 60.7 Å². The molecule has 170 valence electrons. The van der Waals surface area contributed by atoms with Crippen molar-refractivity contribution >= 4 is 28.9 Å². The molecule has 0 bridgehead atoms. The summed E-state index contributed by atoms with van der Waals surface area (Å²) in [4.78, 5) is 31.7. The van der Waals surface area contributed by atoms with Crippen LogP contribution in [0.15, 0.2) is 84.2 Å². The number of nitrogens with zero attached hydrogens (tertiary/aromatic N) is 2. The number of anilines is 1. The number of rotatable bonds is 6. The number of hydrogen-bond acceptors (Lipinski definition) is 6. The second-order valence-electron chi connectivity index (χ2n) is 7.92. The summed E-state index contributed by atoms with van der Waals surface area (Å²) in [5.74, 6) is -0.225. The van der Waals surface area contributed by atoms with Crippen molar-refractivity contribution in [1.29, 1.82) is 0 Å². The average Bonchev–Trinajstić information content (AvgIpc) is 3.37. The van der Waals surface area contributed by atoms with Gasteiger partial charge in [0, 0.05) is 16.5 Å². The van der Waals surface area contributed by atoms with E-state index in [0.717, 1.165) is 27.4 Å². The van der Waals surface area contributed by atoms with Crippen LogP contribution in [0.5, 0.6) is 5.75 Å². The van der Waals surface area contributed by atoms with Gasteiger partial charge in [-0.2, -0.15) is 0 Å². The summed E-state index contributed by atoms with van der Waals surface area (Å²) in [6.07, 6.45) is -0.691. The molecule has 34 heavy (non-hydrogen) atoms. The Morgan fingerprint density at radius 1 is 1.03 bits per heavy atom. The number of esters is 1. The van der Waals surface area contributed by atoms with E-state index in [-0.39, 0.29) is 19.1 Å². The van der Waals surface area contributed by atoms with Crippen LogP contribution < -0.4 is 9.64 Å². The van der Waals surface area contributed by atoms with Crippen molar-refractivity contribution in [2.24, 2.45) is 0 Å². The van der Waals surface area contributed by atoms with E-state index in [9.17, 15) is 9.59 Å². The highest BCUT2D eigenvalue weighted by Gasteiger charge is 2.33. The molecule has 1 aliphatic heterocycles. The van der Waals surface area contributed by atoms with Crippen LogP contribution in [0.1, 0.15) is 12.5 Å². The van der Waals surface area contributed by atoms with Gasteiger partial charge in [0.15, 0.2) is 6.10 Å². The SMILES string of the molecule is CC1Oc2ccc(-c3csc(-c4ccccc4)n3)cc2N(CC(=O)OCc2ccccc2)C1=O. The molecule has 0 N–H and O–H groups in total. The van der Waals surface area contributed by atoms with Gasteiger partial charge in [-0.25, -0.2) is 4.98 Å². The molecular weight excluding hydrogens is 448 g/mol. The van der Waals surface area contributed by atoms with Crippen molar-refractivity contribution in [3.05, 3.63) is 89.8 Å². The zero-order valence-corrected chi connectivity index (χ0v) is 19.3. The number of ether oxygens (including phenoxy) is 2. The first-order chi connectivity index (χ1) is 16.6. The van der Waals surface area contributed by atoms with E-state index < -0.39 is 12.1 Å². The van der Waals surface area contributed by atoms with Crippen LogP contribution in [0, 0.1) is 0 Å². The zero-order valence-electron chi connectivity index (χ0n) is 18.5. The van der Waals surface area contributed by atoms with Crippen molar-refractivity contribution in [2.75, 3.05) is 11.4 Å². The molecule has 0 spiro atoms. The normalized spacial score (nSPS) is 14.9. The molecule has 1 aliphatic rings. The molecule has 0 aliphatic carbocycles. The van der Waals surface area contributed by atoms with Crippen LogP contribution in [-0.4, -0.2) is 29.5 Å². The first kappa shape index (κ1) is 21.9. The van der Waals surface area contributed by atoms with Crippen LogP contribution in [0.4, 0.5) is 5.69 Å². The van der Waals surface area contributed by atoms with Crippen LogP contribution in [0.25, 0.3) is 21.8 Å². The zero-order chi connectivity index (χ0) is 23.5. The van der Waals surface area contributed by atoms with Crippen molar-refractivity contribution in [2.45, 2.75) is 19.6 Å². The van der Waals surface area contributed by atoms with Crippen molar-refractivity contribution in [1.82, 2.24) is 4.98 Å². The van der Waals surface area contributed by atoms with Crippen LogP contribution in [0.2, 0.25) is 0 Å². The number of carbonyl (C=O) groups excluding carboxylic acids is 2. The standard InChI is InChI=1S/C27H22N2O4S/c1-18-27(31)29(15-25(30)32-16-19-8-4-2-5-9-19)23-14-21(12-13-24(23)33-18)22-17-34-26(28-22)20-10-6-3-7-11-20/h2-14,17-18H,15-16H2,1H3. The van der Waals surface area contributed by atoms with E-state index in [1.165, 1.54) is 4.90 Å². The Bertz CT molecular complexity index is 1320. The second-order valence-corrected chi connectivity index (χ2v) is 8.78. The topological polar surface area (TPSA) is 68.7 Å². The van der Waals surface area contributed by atoms with E-state index in [2.05, 4.69) is 0 Å². The molecule has 7 heteroatoms. The molecule has 3 aromatic carbocycles. The van der Waals surface area contributed by atoms with Gasteiger partial charge < -0.3 is 9.47 Å². The lowest BCUT2D eigenvalue weighted by Gasteiger charge is -2.32. The maximum Gasteiger partial charge on any atom is 0.326 e. The lowest BCUT2D eigenvalue weighted by atomic mass is 10.1. The van der Waals surface area contributed by atoms with Gasteiger partial charge in [0.05, 0.1) is 11.4 Å². The molecule has 0 fully saturated rings. The highest BCUT2D eigenvalue weighted by atomic mass is 32.1. The van der Waals surface area contributed by atoms with Gasteiger partial charge in [-0.3, -0.25) is 14.5 Å². The Labute approximate surface area is 201 Å². The molecule has 1 unspecified atom stereocenters. The molecule has 0 saturated heterocycles. The third kappa shape index (κ3) is 4.56. The molecule has 0 saturated carbocycles. The van der Waals surface area contributed by atoms with Gasteiger partial charge in [0.2, 0.25) is 0 Å². The molecule has 1 aromatic heterocycles. The number of hydrogen-bond donors (Lipinski definition) is 0. The van der Waals surface area contributed by atoms with Gasteiger partial charge in [0.25, 0.3) is 5.91 Å². The fraction of sp³-hybridized carbons (Fsp3) is 0.148. The minimum atomic E-state index is -0.691. The van der Waals surface area contributed by atoms with Gasteiger partial charge in [-0.05, 0) is 30.7 Å². The fourth-order valence-electron chi connectivity index (χ4n) is 3.76. The average molecular weight is 471 g/mol. The minimum Gasteiger partial charge on any atom is -0.479 e. The summed E-state index contributed by atoms with van der Waals surface area (Å²) >= 11 is 1.55. The summed E-state index contributed by atoms with van der Waals surface area (Å²) in [5.41, 5.74) is 4.10. The fourth-order valence-corrected chi connectivity index (χ4v) is 4.60. The monoisotopic (exact) mass is 470 g/mol. The quantitative estimate of drug-likeness (QED) is 0.356.